The smallest absolute Gasteiger partial charge is 0.357 e. The highest BCUT2D eigenvalue weighted by molar-refractivity contribution is 5.79. The zero-order valence-corrected chi connectivity index (χ0v) is 16.4. The Hall–Kier alpha value is -2.84. The van der Waals surface area contributed by atoms with Crippen LogP contribution in [-0.2, 0) is 17.5 Å². The zero-order chi connectivity index (χ0) is 21.0. The Morgan fingerprint density at radius 2 is 1.90 bits per heavy atom. The number of alkyl halides is 3. The van der Waals surface area contributed by atoms with Crippen molar-refractivity contribution in [2.45, 2.75) is 32.5 Å². The average molecular weight is 407 g/mol. The number of nitrogens with zero attached hydrogens (tertiary/aromatic N) is 3. The van der Waals surface area contributed by atoms with Gasteiger partial charge in [0.05, 0.1) is 5.56 Å². The van der Waals surface area contributed by atoms with Crippen molar-refractivity contribution >= 4 is 17.7 Å². The van der Waals surface area contributed by atoms with Crippen LogP contribution in [-0.4, -0.2) is 36.0 Å². The van der Waals surface area contributed by atoms with Crippen LogP contribution in [0.25, 0.3) is 0 Å². The van der Waals surface area contributed by atoms with Gasteiger partial charge in [0.1, 0.15) is 5.82 Å². The van der Waals surface area contributed by atoms with E-state index < -0.39 is 11.7 Å². The summed E-state index contributed by atoms with van der Waals surface area (Å²) in [6.45, 7) is 3.06. The van der Waals surface area contributed by atoms with Gasteiger partial charge in [-0.15, -0.1) is 0 Å². The lowest BCUT2D eigenvalue weighted by Gasteiger charge is -2.32. The number of carbonyl (C=O) groups is 1. The summed E-state index contributed by atoms with van der Waals surface area (Å²) in [6.07, 6.45) is -3.20. The Morgan fingerprint density at radius 3 is 2.55 bits per heavy atom. The summed E-state index contributed by atoms with van der Waals surface area (Å²) in [5.41, 5.74) is 0.207. The summed E-state index contributed by atoms with van der Waals surface area (Å²) in [5.74, 6) is 0.912. The number of aryl methyl sites for hydroxylation is 1. The maximum absolute atomic E-state index is 13.1. The highest BCUT2D eigenvalue weighted by Gasteiger charge is 2.33. The summed E-state index contributed by atoms with van der Waals surface area (Å²) in [7, 11) is 1.76. The standard InChI is InChI=1S/C20H24F3N5O/c1-13-11-17(27-19(24-2)26-13)28-9-7-14(8-10-28)18(29)25-12-15-5-3-4-6-16(15)20(21,22)23/h3-6,11,14H,7-10,12H2,1-2H3,(H,25,29)(H,24,26,27). The number of halogens is 3. The molecule has 0 spiro atoms. The molecule has 0 atom stereocenters. The molecule has 1 fully saturated rings. The normalized spacial score (nSPS) is 15.3. The van der Waals surface area contributed by atoms with Gasteiger partial charge in [-0.2, -0.15) is 18.2 Å². The molecule has 1 saturated heterocycles. The first-order chi connectivity index (χ1) is 13.8. The first-order valence-corrected chi connectivity index (χ1v) is 9.49. The highest BCUT2D eigenvalue weighted by atomic mass is 19.4. The average Bonchev–Trinajstić information content (AvgIpc) is 2.71. The molecule has 9 heteroatoms. The molecule has 1 aromatic heterocycles. The molecule has 0 aliphatic carbocycles. The van der Waals surface area contributed by atoms with Crippen LogP contribution in [0.2, 0.25) is 0 Å². The molecular weight excluding hydrogens is 383 g/mol. The Kier molecular flexibility index (Phi) is 6.24. The maximum atomic E-state index is 13.1. The molecule has 2 N–H and O–H groups in total. The van der Waals surface area contributed by atoms with E-state index in [1.807, 2.05) is 13.0 Å². The summed E-state index contributed by atoms with van der Waals surface area (Å²) < 4.78 is 39.2. The van der Waals surface area contributed by atoms with E-state index in [4.69, 9.17) is 0 Å². The number of amides is 1. The third-order valence-corrected chi connectivity index (χ3v) is 5.03. The van der Waals surface area contributed by atoms with Crippen LogP contribution >= 0.6 is 0 Å². The molecular formula is C20H24F3N5O. The number of piperidine rings is 1. The van der Waals surface area contributed by atoms with Crippen LogP contribution in [0.3, 0.4) is 0 Å². The minimum atomic E-state index is -4.44. The quantitative estimate of drug-likeness (QED) is 0.795. The summed E-state index contributed by atoms with van der Waals surface area (Å²) in [5, 5.41) is 5.60. The number of anilines is 2. The predicted molar refractivity (Wildman–Crippen MR) is 105 cm³/mol. The minimum Gasteiger partial charge on any atom is -0.357 e. The van der Waals surface area contributed by atoms with E-state index in [9.17, 15) is 18.0 Å². The Balaban J connectivity index is 1.57. The van der Waals surface area contributed by atoms with Crippen molar-refractivity contribution in [2.24, 2.45) is 5.92 Å². The number of benzene rings is 1. The molecule has 1 amide bonds. The fraction of sp³-hybridized carbons (Fsp3) is 0.450. The van der Waals surface area contributed by atoms with E-state index in [-0.39, 0.29) is 23.9 Å². The first-order valence-electron chi connectivity index (χ1n) is 9.49. The monoisotopic (exact) mass is 407 g/mol. The Labute approximate surface area is 167 Å². The van der Waals surface area contributed by atoms with Crippen LogP contribution in [0.15, 0.2) is 30.3 Å². The minimum absolute atomic E-state index is 0.0711. The van der Waals surface area contributed by atoms with Gasteiger partial charge in [0, 0.05) is 44.4 Å². The highest BCUT2D eigenvalue weighted by Crippen LogP contribution is 2.32. The van der Waals surface area contributed by atoms with Crippen molar-refractivity contribution in [1.29, 1.82) is 0 Å². The number of nitrogens with one attached hydrogen (secondary N) is 2. The van der Waals surface area contributed by atoms with Crippen molar-refractivity contribution in [2.75, 3.05) is 30.4 Å². The third-order valence-electron chi connectivity index (χ3n) is 5.03. The number of rotatable bonds is 5. The topological polar surface area (TPSA) is 70.2 Å². The van der Waals surface area contributed by atoms with Gasteiger partial charge < -0.3 is 15.5 Å². The van der Waals surface area contributed by atoms with Gasteiger partial charge in [0.25, 0.3) is 0 Å². The van der Waals surface area contributed by atoms with Crippen LogP contribution in [0.1, 0.15) is 29.7 Å². The van der Waals surface area contributed by atoms with Crippen molar-refractivity contribution < 1.29 is 18.0 Å². The van der Waals surface area contributed by atoms with Gasteiger partial charge >= 0.3 is 6.18 Å². The molecule has 1 aromatic carbocycles. The molecule has 2 aromatic rings. The molecule has 3 rings (SSSR count). The fourth-order valence-electron chi connectivity index (χ4n) is 3.47. The molecule has 0 unspecified atom stereocenters. The van der Waals surface area contributed by atoms with Gasteiger partial charge in [-0.25, -0.2) is 4.98 Å². The molecule has 0 bridgehead atoms. The van der Waals surface area contributed by atoms with Crippen LogP contribution in [0.5, 0.6) is 0 Å². The van der Waals surface area contributed by atoms with Gasteiger partial charge in [0.15, 0.2) is 0 Å². The van der Waals surface area contributed by atoms with Gasteiger partial charge in [-0.05, 0) is 31.4 Å². The lowest BCUT2D eigenvalue weighted by Crippen LogP contribution is -2.41. The zero-order valence-electron chi connectivity index (χ0n) is 16.4. The lowest BCUT2D eigenvalue weighted by atomic mass is 9.95. The first kappa shape index (κ1) is 20.9. The molecule has 0 saturated carbocycles. The summed E-state index contributed by atoms with van der Waals surface area (Å²) in [4.78, 5) is 23.3. The largest absolute Gasteiger partial charge is 0.416 e. The second-order valence-electron chi connectivity index (χ2n) is 7.08. The second kappa shape index (κ2) is 8.67. The molecule has 1 aliphatic rings. The van der Waals surface area contributed by atoms with E-state index in [2.05, 4.69) is 25.5 Å². The van der Waals surface area contributed by atoms with E-state index >= 15 is 0 Å². The molecule has 6 nitrogen and oxygen atoms in total. The fourth-order valence-corrected chi connectivity index (χ4v) is 3.47. The summed E-state index contributed by atoms with van der Waals surface area (Å²) >= 11 is 0. The van der Waals surface area contributed by atoms with Gasteiger partial charge in [-0.3, -0.25) is 4.79 Å². The molecule has 2 heterocycles. The number of hydrogen-bond acceptors (Lipinski definition) is 5. The second-order valence-corrected chi connectivity index (χ2v) is 7.08. The van der Waals surface area contributed by atoms with Crippen molar-refractivity contribution in [1.82, 2.24) is 15.3 Å². The van der Waals surface area contributed by atoms with Crippen molar-refractivity contribution in [3.05, 3.63) is 47.2 Å². The number of hydrogen-bond donors (Lipinski definition) is 2. The van der Waals surface area contributed by atoms with Gasteiger partial charge in [0.2, 0.25) is 11.9 Å². The van der Waals surface area contributed by atoms with Crippen LogP contribution in [0.4, 0.5) is 24.9 Å². The molecule has 29 heavy (non-hydrogen) atoms. The molecule has 1 aliphatic heterocycles. The van der Waals surface area contributed by atoms with E-state index in [1.54, 1.807) is 13.1 Å². The lowest BCUT2D eigenvalue weighted by molar-refractivity contribution is -0.138. The predicted octanol–water partition coefficient (Wildman–Crippen LogP) is 3.38. The number of carbonyl (C=O) groups excluding carboxylic acids is 1. The Bertz CT molecular complexity index is 863. The SMILES string of the molecule is CNc1nc(C)cc(N2CCC(C(=O)NCc3ccccc3C(F)(F)F)CC2)n1. The van der Waals surface area contributed by atoms with Gasteiger partial charge in [-0.1, -0.05) is 18.2 Å². The number of aromatic nitrogens is 2. The van der Waals surface area contributed by atoms with Crippen LogP contribution < -0.4 is 15.5 Å². The van der Waals surface area contributed by atoms with E-state index in [1.165, 1.54) is 12.1 Å². The molecule has 0 radical (unpaired) electrons. The third kappa shape index (κ3) is 5.16. The molecule has 156 valence electrons. The van der Waals surface area contributed by atoms with Crippen molar-refractivity contribution in [3.63, 3.8) is 0 Å². The van der Waals surface area contributed by atoms with E-state index in [0.29, 0.717) is 31.9 Å². The summed E-state index contributed by atoms with van der Waals surface area (Å²) in [6, 6.07) is 7.21. The maximum Gasteiger partial charge on any atom is 0.416 e. The van der Waals surface area contributed by atoms with Crippen LogP contribution in [0, 0.1) is 12.8 Å². The van der Waals surface area contributed by atoms with Crippen molar-refractivity contribution in [3.8, 4) is 0 Å². The van der Waals surface area contributed by atoms with E-state index in [0.717, 1.165) is 17.6 Å². The Morgan fingerprint density at radius 1 is 1.21 bits per heavy atom.